The van der Waals surface area contributed by atoms with Gasteiger partial charge in [-0.3, -0.25) is 0 Å². The number of anilines is 1. The minimum atomic E-state index is -0.543. The number of carbonyl (C=O) groups is 1. The van der Waals surface area contributed by atoms with E-state index in [2.05, 4.69) is 18.3 Å². The maximum Gasteiger partial charge on any atom is 0.344 e. The number of hydrogen-bond donors (Lipinski definition) is 1. The summed E-state index contributed by atoms with van der Waals surface area (Å²) in [5.74, 6) is 0.508. The van der Waals surface area contributed by atoms with Crippen LogP contribution in [0.5, 0.6) is 11.5 Å². The van der Waals surface area contributed by atoms with Gasteiger partial charge in [0.15, 0.2) is 11.5 Å². The van der Waals surface area contributed by atoms with Crippen LogP contribution in [0.3, 0.4) is 0 Å². The number of nitrogens with one attached hydrogen (secondary N) is 1. The van der Waals surface area contributed by atoms with Crippen LogP contribution in [-0.2, 0) is 11.2 Å². The van der Waals surface area contributed by atoms with Crippen LogP contribution in [0.4, 0.5) is 5.69 Å². The molecule has 0 spiro atoms. The molecule has 1 aliphatic heterocycles. The summed E-state index contributed by atoms with van der Waals surface area (Å²) in [7, 11) is 3.06. The van der Waals surface area contributed by atoms with Crippen molar-refractivity contribution >= 4 is 11.7 Å². The Balaban J connectivity index is 2.02. The normalized spacial score (nSPS) is 15.7. The summed E-state index contributed by atoms with van der Waals surface area (Å²) in [6.07, 6.45) is 0.349. The van der Waals surface area contributed by atoms with Crippen molar-refractivity contribution in [1.29, 1.82) is 0 Å². The standard InChI is InChI=1S/C19H21NO4/c1-5-12-8-6-7-11(2)16(12)20-18-13-9-10-14(22-3)17(23-4)15(13)19(21)24-18/h6-10,18,20H,5H2,1-4H3. The summed E-state index contributed by atoms with van der Waals surface area (Å²) in [6.45, 7) is 4.14. The Hall–Kier alpha value is -2.69. The van der Waals surface area contributed by atoms with Crippen LogP contribution in [0.2, 0.25) is 0 Å². The van der Waals surface area contributed by atoms with Crippen molar-refractivity contribution in [3.05, 3.63) is 52.6 Å². The van der Waals surface area contributed by atoms with E-state index in [4.69, 9.17) is 14.2 Å². The fraction of sp³-hybridized carbons (Fsp3) is 0.316. The number of esters is 1. The molecule has 0 saturated carbocycles. The van der Waals surface area contributed by atoms with Crippen molar-refractivity contribution in [2.24, 2.45) is 0 Å². The number of benzene rings is 2. The number of ether oxygens (including phenoxy) is 3. The lowest BCUT2D eigenvalue weighted by Gasteiger charge is -2.19. The van der Waals surface area contributed by atoms with Crippen LogP contribution >= 0.6 is 0 Å². The Bertz CT molecular complexity index is 785. The predicted molar refractivity (Wildman–Crippen MR) is 91.9 cm³/mol. The first-order valence-corrected chi connectivity index (χ1v) is 7.91. The van der Waals surface area contributed by atoms with Crippen molar-refractivity contribution < 1.29 is 19.0 Å². The summed E-state index contributed by atoms with van der Waals surface area (Å²) in [5, 5.41) is 3.36. The smallest absolute Gasteiger partial charge is 0.344 e. The van der Waals surface area contributed by atoms with Gasteiger partial charge in [0, 0.05) is 11.3 Å². The maximum absolute atomic E-state index is 12.4. The molecule has 1 atom stereocenters. The number of hydrogen-bond acceptors (Lipinski definition) is 5. The van der Waals surface area contributed by atoms with Crippen LogP contribution in [0, 0.1) is 6.92 Å². The third-order valence-electron chi connectivity index (χ3n) is 4.30. The largest absolute Gasteiger partial charge is 0.493 e. The van der Waals surface area contributed by atoms with E-state index < -0.39 is 12.2 Å². The highest BCUT2D eigenvalue weighted by Gasteiger charge is 2.36. The molecule has 2 aromatic carbocycles. The number of cyclic esters (lactones) is 1. The van der Waals surface area contributed by atoms with E-state index in [1.54, 1.807) is 13.2 Å². The number of carbonyl (C=O) groups excluding carboxylic acids is 1. The molecule has 0 aromatic heterocycles. The molecule has 5 heteroatoms. The van der Waals surface area contributed by atoms with Gasteiger partial charge >= 0.3 is 5.97 Å². The molecular formula is C19H21NO4. The van der Waals surface area contributed by atoms with E-state index in [0.29, 0.717) is 17.1 Å². The summed E-state index contributed by atoms with van der Waals surface area (Å²) >= 11 is 0. The molecule has 0 amide bonds. The van der Waals surface area contributed by atoms with E-state index in [1.807, 2.05) is 25.1 Å². The van der Waals surface area contributed by atoms with Crippen molar-refractivity contribution in [3.63, 3.8) is 0 Å². The van der Waals surface area contributed by atoms with Crippen LogP contribution in [0.25, 0.3) is 0 Å². The Kier molecular flexibility index (Phi) is 4.34. The lowest BCUT2D eigenvalue weighted by molar-refractivity contribution is 0.0435. The molecule has 1 unspecified atom stereocenters. The molecule has 0 bridgehead atoms. The third kappa shape index (κ3) is 2.56. The van der Waals surface area contributed by atoms with E-state index >= 15 is 0 Å². The summed E-state index contributed by atoms with van der Waals surface area (Å²) in [5.41, 5.74) is 4.46. The average Bonchev–Trinajstić information content (AvgIpc) is 2.91. The van der Waals surface area contributed by atoms with Gasteiger partial charge in [-0.2, -0.15) is 0 Å². The molecule has 1 aliphatic rings. The van der Waals surface area contributed by atoms with Gasteiger partial charge in [-0.15, -0.1) is 0 Å². The molecule has 0 saturated heterocycles. The molecule has 1 heterocycles. The second-order valence-corrected chi connectivity index (χ2v) is 5.66. The van der Waals surface area contributed by atoms with Crippen LogP contribution < -0.4 is 14.8 Å². The highest BCUT2D eigenvalue weighted by molar-refractivity contribution is 5.98. The van der Waals surface area contributed by atoms with Crippen molar-refractivity contribution in [3.8, 4) is 11.5 Å². The van der Waals surface area contributed by atoms with Gasteiger partial charge in [0.25, 0.3) is 0 Å². The zero-order valence-corrected chi connectivity index (χ0v) is 14.3. The van der Waals surface area contributed by atoms with E-state index in [1.165, 1.54) is 12.7 Å². The summed E-state index contributed by atoms with van der Waals surface area (Å²) in [4.78, 5) is 12.4. The van der Waals surface area contributed by atoms with E-state index in [9.17, 15) is 4.79 Å². The summed E-state index contributed by atoms with van der Waals surface area (Å²) < 4.78 is 16.2. The Morgan fingerprint density at radius 3 is 2.62 bits per heavy atom. The predicted octanol–water partition coefficient (Wildman–Crippen LogP) is 3.86. The van der Waals surface area contributed by atoms with Crippen LogP contribution in [-0.4, -0.2) is 20.2 Å². The van der Waals surface area contributed by atoms with Gasteiger partial charge < -0.3 is 19.5 Å². The minimum Gasteiger partial charge on any atom is -0.493 e. The van der Waals surface area contributed by atoms with Gasteiger partial charge in [-0.05, 0) is 36.6 Å². The number of aryl methyl sites for hydroxylation is 2. The molecule has 24 heavy (non-hydrogen) atoms. The highest BCUT2D eigenvalue weighted by atomic mass is 16.6. The molecule has 0 fully saturated rings. The van der Waals surface area contributed by atoms with Gasteiger partial charge in [0.1, 0.15) is 5.56 Å². The molecule has 126 valence electrons. The second-order valence-electron chi connectivity index (χ2n) is 5.66. The molecule has 0 aliphatic carbocycles. The quantitative estimate of drug-likeness (QED) is 0.845. The second kappa shape index (κ2) is 6.43. The maximum atomic E-state index is 12.4. The number of para-hydroxylation sites is 1. The zero-order valence-electron chi connectivity index (χ0n) is 14.3. The minimum absolute atomic E-state index is 0.407. The molecule has 2 aromatic rings. The van der Waals surface area contributed by atoms with Crippen LogP contribution in [0.15, 0.2) is 30.3 Å². The average molecular weight is 327 g/mol. The Labute approximate surface area is 141 Å². The van der Waals surface area contributed by atoms with Gasteiger partial charge in [0.05, 0.1) is 14.2 Å². The van der Waals surface area contributed by atoms with Crippen molar-refractivity contribution in [2.75, 3.05) is 19.5 Å². The summed E-state index contributed by atoms with van der Waals surface area (Å²) in [6, 6.07) is 9.76. The van der Waals surface area contributed by atoms with Crippen molar-refractivity contribution in [2.45, 2.75) is 26.5 Å². The van der Waals surface area contributed by atoms with Gasteiger partial charge in [-0.1, -0.05) is 25.1 Å². The van der Waals surface area contributed by atoms with E-state index in [-0.39, 0.29) is 0 Å². The third-order valence-corrected chi connectivity index (χ3v) is 4.30. The first-order chi connectivity index (χ1) is 11.6. The van der Waals surface area contributed by atoms with E-state index in [0.717, 1.165) is 23.2 Å². The van der Waals surface area contributed by atoms with Crippen molar-refractivity contribution in [1.82, 2.24) is 0 Å². The number of rotatable bonds is 5. The zero-order chi connectivity index (χ0) is 17.3. The lowest BCUT2D eigenvalue weighted by atomic mass is 10.0. The SMILES string of the molecule is CCc1cccc(C)c1NC1OC(=O)c2c1ccc(OC)c2OC. The van der Waals surface area contributed by atoms with Gasteiger partial charge in [0.2, 0.25) is 6.23 Å². The monoisotopic (exact) mass is 327 g/mol. The fourth-order valence-corrected chi connectivity index (χ4v) is 3.07. The highest BCUT2D eigenvalue weighted by Crippen LogP contribution is 2.42. The van der Waals surface area contributed by atoms with Gasteiger partial charge in [-0.25, -0.2) is 4.79 Å². The fourth-order valence-electron chi connectivity index (χ4n) is 3.07. The number of fused-ring (bicyclic) bond motifs is 1. The first kappa shape index (κ1) is 16.2. The first-order valence-electron chi connectivity index (χ1n) is 7.91. The van der Waals surface area contributed by atoms with Crippen LogP contribution in [0.1, 0.15) is 40.2 Å². The molecule has 1 N–H and O–H groups in total. The molecule has 5 nitrogen and oxygen atoms in total. The Morgan fingerprint density at radius 2 is 1.96 bits per heavy atom. The molecule has 3 rings (SSSR count). The lowest BCUT2D eigenvalue weighted by Crippen LogP contribution is -2.12. The Morgan fingerprint density at radius 1 is 1.17 bits per heavy atom. The molecular weight excluding hydrogens is 306 g/mol. The topological polar surface area (TPSA) is 56.8 Å². The molecule has 0 radical (unpaired) electrons. The number of methoxy groups -OCH3 is 2.